The van der Waals surface area contributed by atoms with Crippen LogP contribution in [0, 0.1) is 0 Å². The van der Waals surface area contributed by atoms with E-state index in [0.717, 1.165) is 17.8 Å². The first-order valence-electron chi connectivity index (χ1n) is 10.6. The highest BCUT2D eigenvalue weighted by Crippen LogP contribution is 2.34. The Morgan fingerprint density at radius 1 is 1.00 bits per heavy atom. The lowest BCUT2D eigenvalue weighted by Crippen LogP contribution is -2.18. The number of anilines is 1. The highest BCUT2D eigenvalue weighted by molar-refractivity contribution is 6.43. The first kappa shape index (κ1) is 26.0. The third-order valence-corrected chi connectivity index (χ3v) is 6.30. The van der Waals surface area contributed by atoms with E-state index < -0.39 is 0 Å². The number of nitrogens with two attached hydrogens (primary N) is 1. The topological polar surface area (TPSA) is 130 Å². The lowest BCUT2D eigenvalue weighted by atomic mass is 9.86. The van der Waals surface area contributed by atoms with Crippen molar-refractivity contribution in [3.63, 3.8) is 0 Å². The molecule has 2 N–H and O–H groups in total. The highest BCUT2D eigenvalue weighted by Gasteiger charge is 2.20. The highest BCUT2D eigenvalue weighted by atomic mass is 35.5. The Morgan fingerprint density at radius 2 is 1.69 bits per heavy atom. The van der Waals surface area contributed by atoms with Crippen molar-refractivity contribution in [1.82, 2.24) is 29.9 Å². The van der Waals surface area contributed by atoms with E-state index in [9.17, 15) is 0 Å². The minimum Gasteiger partial charge on any atom is -0.368 e. The molecule has 0 aliphatic carbocycles. The number of halogens is 2. The smallest absolute Gasteiger partial charge is 0.368 e. The molecule has 0 bridgehead atoms. The molecule has 0 atom stereocenters. The fourth-order valence-corrected chi connectivity index (χ4v) is 3.62. The Balaban J connectivity index is 0.00000108. The van der Waals surface area contributed by atoms with Crippen molar-refractivity contribution in [3.05, 3.63) is 70.1 Å². The molecule has 180 valence electrons. The van der Waals surface area contributed by atoms with Crippen LogP contribution in [0.2, 0.25) is 10.0 Å². The van der Waals surface area contributed by atoms with Gasteiger partial charge in [0.25, 0.3) is 0 Å². The first-order valence-corrected chi connectivity index (χ1v) is 11.4. The molecule has 0 spiro atoms. The zero-order chi connectivity index (χ0) is 25.6. The van der Waals surface area contributed by atoms with Gasteiger partial charge < -0.3 is 5.73 Å². The molecule has 3 aromatic heterocycles. The number of aromatic nitrogens is 6. The van der Waals surface area contributed by atoms with Gasteiger partial charge in [-0.3, -0.25) is 4.98 Å². The number of nitrogens with zero attached hydrogens (tertiary/aromatic N) is 6. The Bertz CT molecular complexity index is 1370. The third-order valence-electron chi connectivity index (χ3n) is 5.48. The van der Waals surface area contributed by atoms with Crippen molar-refractivity contribution >= 4 is 35.3 Å². The van der Waals surface area contributed by atoms with Crippen molar-refractivity contribution in [2.24, 2.45) is 0 Å². The Morgan fingerprint density at radius 3 is 2.40 bits per heavy atom. The van der Waals surface area contributed by atoms with Crippen LogP contribution in [0.25, 0.3) is 22.6 Å². The minimum atomic E-state index is 0.0139. The van der Waals surface area contributed by atoms with Gasteiger partial charge in [-0.05, 0) is 30.7 Å². The first-order chi connectivity index (χ1) is 16.7. The molecule has 4 aromatic rings. The van der Waals surface area contributed by atoms with Gasteiger partial charge in [-0.2, -0.15) is 9.59 Å². The van der Waals surface area contributed by atoms with Gasteiger partial charge in [-0.25, -0.2) is 14.6 Å². The number of nitrogen functional groups attached to an aromatic ring is 1. The van der Waals surface area contributed by atoms with Crippen LogP contribution in [-0.4, -0.2) is 36.1 Å². The average molecular weight is 512 g/mol. The van der Waals surface area contributed by atoms with E-state index >= 15 is 0 Å². The number of benzene rings is 1. The summed E-state index contributed by atoms with van der Waals surface area (Å²) in [6.07, 6.45) is 3.06. The van der Waals surface area contributed by atoms with Crippen molar-refractivity contribution in [1.29, 1.82) is 0 Å². The fourth-order valence-electron chi connectivity index (χ4n) is 3.22. The lowest BCUT2D eigenvalue weighted by Gasteiger charge is -2.22. The van der Waals surface area contributed by atoms with Crippen LogP contribution in [0.15, 0.2) is 48.7 Å². The van der Waals surface area contributed by atoms with Gasteiger partial charge >= 0.3 is 6.15 Å². The van der Waals surface area contributed by atoms with Gasteiger partial charge in [0.1, 0.15) is 5.69 Å². The SMILES string of the molecule is CCC(C)(C)c1cccc(Cn2cc(-c3cc(-c4cccc(Cl)c4Cl)nc(N)n3)nn2)n1.O=C=O. The van der Waals surface area contributed by atoms with Crippen LogP contribution in [-0.2, 0) is 21.5 Å². The molecule has 0 aliphatic rings. The minimum absolute atomic E-state index is 0.0139. The van der Waals surface area contributed by atoms with E-state index in [1.807, 2.05) is 24.4 Å². The van der Waals surface area contributed by atoms with Crippen LogP contribution in [0.3, 0.4) is 0 Å². The molecule has 11 heteroatoms. The quantitative estimate of drug-likeness (QED) is 0.389. The molecule has 0 radical (unpaired) electrons. The van der Waals surface area contributed by atoms with E-state index in [0.29, 0.717) is 39.2 Å². The van der Waals surface area contributed by atoms with Crippen LogP contribution in [0.1, 0.15) is 38.6 Å². The van der Waals surface area contributed by atoms with Crippen LogP contribution in [0.5, 0.6) is 0 Å². The normalized spacial score (nSPS) is 10.9. The number of carbonyl (C=O) groups excluding carboxylic acids is 2. The molecule has 4 rings (SSSR count). The Labute approximate surface area is 212 Å². The summed E-state index contributed by atoms with van der Waals surface area (Å²) in [4.78, 5) is 29.7. The Hall–Kier alpha value is -3.65. The van der Waals surface area contributed by atoms with Gasteiger partial charge in [-0.15, -0.1) is 5.10 Å². The van der Waals surface area contributed by atoms with Crippen molar-refractivity contribution in [2.75, 3.05) is 5.73 Å². The summed E-state index contributed by atoms with van der Waals surface area (Å²) in [5.41, 5.74) is 10.3. The van der Waals surface area contributed by atoms with Crippen molar-refractivity contribution < 1.29 is 9.59 Å². The zero-order valence-corrected chi connectivity index (χ0v) is 20.9. The standard InChI is InChI=1S/C23H23Cl2N7.CO2/c1-4-23(2,3)20-10-5-7-14(27-20)12-32-13-19(30-31-32)18-11-17(28-22(26)29-18)15-8-6-9-16(24)21(15)25;2-1-3/h5-11,13H,4,12H2,1-3H3,(H2,26,28,29);. The molecule has 0 fully saturated rings. The van der Waals surface area contributed by atoms with Crippen LogP contribution < -0.4 is 5.73 Å². The van der Waals surface area contributed by atoms with Crippen molar-refractivity contribution in [2.45, 2.75) is 39.2 Å². The summed E-state index contributed by atoms with van der Waals surface area (Å²) >= 11 is 12.5. The predicted octanol–water partition coefficient (Wildman–Crippen LogP) is 4.84. The van der Waals surface area contributed by atoms with E-state index in [4.69, 9.17) is 43.5 Å². The molecule has 9 nitrogen and oxygen atoms in total. The fraction of sp³-hybridized carbons (Fsp3) is 0.250. The molecule has 0 unspecified atom stereocenters. The predicted molar refractivity (Wildman–Crippen MR) is 133 cm³/mol. The average Bonchev–Trinajstić information content (AvgIpc) is 3.29. The van der Waals surface area contributed by atoms with Gasteiger partial charge in [0, 0.05) is 16.7 Å². The summed E-state index contributed by atoms with van der Waals surface area (Å²) in [7, 11) is 0. The molecular formula is C24H23Cl2N7O2. The molecule has 0 saturated heterocycles. The molecule has 0 aliphatic heterocycles. The summed E-state index contributed by atoms with van der Waals surface area (Å²) in [6.45, 7) is 7.04. The third kappa shape index (κ3) is 6.27. The summed E-state index contributed by atoms with van der Waals surface area (Å²) in [5, 5.41) is 9.35. The van der Waals surface area contributed by atoms with Gasteiger partial charge in [0.15, 0.2) is 0 Å². The molecule has 0 saturated carbocycles. The maximum absolute atomic E-state index is 8.12. The molecule has 1 aromatic carbocycles. The van der Waals surface area contributed by atoms with Crippen LogP contribution >= 0.6 is 23.2 Å². The van der Waals surface area contributed by atoms with Gasteiger partial charge in [0.2, 0.25) is 5.95 Å². The van der Waals surface area contributed by atoms with E-state index in [1.165, 1.54) is 0 Å². The second-order valence-corrected chi connectivity index (χ2v) is 9.02. The second-order valence-electron chi connectivity index (χ2n) is 8.23. The van der Waals surface area contributed by atoms with E-state index in [1.54, 1.807) is 22.9 Å². The van der Waals surface area contributed by atoms with Crippen LogP contribution in [0.4, 0.5) is 5.95 Å². The van der Waals surface area contributed by atoms with Gasteiger partial charge in [-0.1, -0.05) is 67.4 Å². The second kappa shape index (κ2) is 11.2. The lowest BCUT2D eigenvalue weighted by molar-refractivity contribution is -0.191. The monoisotopic (exact) mass is 511 g/mol. The summed E-state index contributed by atoms with van der Waals surface area (Å²) in [6, 6.07) is 13.2. The molecular weight excluding hydrogens is 489 g/mol. The number of rotatable bonds is 6. The van der Waals surface area contributed by atoms with E-state index in [-0.39, 0.29) is 17.5 Å². The maximum atomic E-state index is 8.12. The van der Waals surface area contributed by atoms with Crippen molar-refractivity contribution in [3.8, 4) is 22.6 Å². The maximum Gasteiger partial charge on any atom is 0.373 e. The molecule has 0 amide bonds. The molecule has 35 heavy (non-hydrogen) atoms. The number of pyridine rings is 1. The Kier molecular flexibility index (Phi) is 8.30. The number of hydrogen-bond donors (Lipinski definition) is 1. The number of hydrogen-bond acceptors (Lipinski definition) is 8. The zero-order valence-electron chi connectivity index (χ0n) is 19.4. The van der Waals surface area contributed by atoms with E-state index in [2.05, 4.69) is 47.1 Å². The largest absolute Gasteiger partial charge is 0.373 e. The summed E-state index contributed by atoms with van der Waals surface area (Å²) in [5.74, 6) is 0.110. The molecule has 3 heterocycles. The summed E-state index contributed by atoms with van der Waals surface area (Å²) < 4.78 is 1.73. The van der Waals surface area contributed by atoms with Gasteiger partial charge in [0.05, 0.1) is 39.9 Å².